The normalized spacial score (nSPS) is 11.3. The van der Waals surface area contributed by atoms with E-state index in [9.17, 15) is 0 Å². The zero-order valence-corrected chi connectivity index (χ0v) is 17.5. The number of aromatic nitrogens is 2. The topological polar surface area (TPSA) is 35.0 Å². The van der Waals surface area contributed by atoms with E-state index in [0.717, 1.165) is 63.1 Å². The van der Waals surface area contributed by atoms with Crippen molar-refractivity contribution in [2.24, 2.45) is 0 Å². The highest BCUT2D eigenvalue weighted by Gasteiger charge is 2.10. The Morgan fingerprint density at radius 1 is 0.793 bits per heavy atom. The van der Waals surface area contributed by atoms with Crippen LogP contribution >= 0.6 is 0 Å². The lowest BCUT2D eigenvalue weighted by Gasteiger charge is -2.12. The van der Waals surface area contributed by atoms with Crippen LogP contribution < -0.4 is 4.74 Å². The van der Waals surface area contributed by atoms with Crippen LogP contribution in [-0.4, -0.2) is 16.6 Å². The standard InChI is InChI=1S/C26H28N2O/c1-4-5-6-7-15-29-23-10-8-9-21(16-23)24-17-22-14-13-20-12-11-18(2)27-25(20)26(22)28-19(24)3/h8-14,16-17H,4-7,15H2,1-3H3. The Bertz CT molecular complexity index is 1150. The van der Waals surface area contributed by atoms with Crippen LogP contribution in [0.5, 0.6) is 5.75 Å². The van der Waals surface area contributed by atoms with E-state index in [1.165, 1.54) is 19.3 Å². The van der Waals surface area contributed by atoms with Crippen LogP contribution in [0.1, 0.15) is 44.0 Å². The molecule has 3 nitrogen and oxygen atoms in total. The van der Waals surface area contributed by atoms with E-state index >= 15 is 0 Å². The average molecular weight is 385 g/mol. The summed E-state index contributed by atoms with van der Waals surface area (Å²) in [6.45, 7) is 7.09. The first-order valence-corrected chi connectivity index (χ1v) is 10.6. The lowest BCUT2D eigenvalue weighted by atomic mass is 10.0. The Balaban J connectivity index is 1.66. The van der Waals surface area contributed by atoms with Gasteiger partial charge in [0.15, 0.2) is 0 Å². The molecule has 0 radical (unpaired) electrons. The number of nitrogens with zero attached hydrogens (tertiary/aromatic N) is 2. The summed E-state index contributed by atoms with van der Waals surface area (Å²) in [7, 11) is 0. The van der Waals surface area contributed by atoms with E-state index in [4.69, 9.17) is 14.7 Å². The van der Waals surface area contributed by atoms with Crippen molar-refractivity contribution in [3.05, 3.63) is 66.0 Å². The predicted octanol–water partition coefficient (Wildman–Crippen LogP) is 7.03. The van der Waals surface area contributed by atoms with Crippen molar-refractivity contribution in [2.45, 2.75) is 46.5 Å². The van der Waals surface area contributed by atoms with Gasteiger partial charge in [-0.15, -0.1) is 0 Å². The largest absolute Gasteiger partial charge is 0.494 e. The van der Waals surface area contributed by atoms with Crippen molar-refractivity contribution in [1.29, 1.82) is 0 Å². The van der Waals surface area contributed by atoms with Gasteiger partial charge in [0.25, 0.3) is 0 Å². The second-order valence-corrected chi connectivity index (χ2v) is 7.72. The highest BCUT2D eigenvalue weighted by atomic mass is 16.5. The minimum Gasteiger partial charge on any atom is -0.494 e. The number of hydrogen-bond donors (Lipinski definition) is 0. The van der Waals surface area contributed by atoms with E-state index in [1.54, 1.807) is 0 Å². The second kappa shape index (κ2) is 8.60. The van der Waals surface area contributed by atoms with Crippen LogP contribution in [-0.2, 0) is 0 Å². The van der Waals surface area contributed by atoms with E-state index in [1.807, 2.05) is 19.1 Å². The molecule has 4 rings (SSSR count). The first-order valence-electron chi connectivity index (χ1n) is 10.6. The summed E-state index contributed by atoms with van der Waals surface area (Å²) >= 11 is 0. The Morgan fingerprint density at radius 2 is 1.59 bits per heavy atom. The SMILES string of the molecule is CCCCCCOc1cccc(-c2cc3ccc4ccc(C)nc4c3nc2C)c1. The monoisotopic (exact) mass is 384 g/mol. The van der Waals surface area contributed by atoms with Crippen LogP contribution in [0.25, 0.3) is 32.9 Å². The summed E-state index contributed by atoms with van der Waals surface area (Å²) < 4.78 is 5.98. The van der Waals surface area contributed by atoms with Gasteiger partial charge in [0.05, 0.1) is 17.6 Å². The van der Waals surface area contributed by atoms with E-state index in [-0.39, 0.29) is 0 Å². The lowest BCUT2D eigenvalue weighted by Crippen LogP contribution is -1.98. The number of rotatable bonds is 7. The van der Waals surface area contributed by atoms with Crippen molar-refractivity contribution in [3.8, 4) is 16.9 Å². The predicted molar refractivity (Wildman–Crippen MR) is 122 cm³/mol. The molecular weight excluding hydrogens is 356 g/mol. The molecule has 3 heteroatoms. The average Bonchev–Trinajstić information content (AvgIpc) is 2.73. The highest BCUT2D eigenvalue weighted by molar-refractivity contribution is 6.04. The molecule has 2 aromatic carbocycles. The smallest absolute Gasteiger partial charge is 0.119 e. The Morgan fingerprint density at radius 3 is 2.45 bits per heavy atom. The number of unbranched alkanes of at least 4 members (excludes halogenated alkanes) is 3. The summed E-state index contributed by atoms with van der Waals surface area (Å²) in [5.41, 5.74) is 6.24. The lowest BCUT2D eigenvalue weighted by molar-refractivity contribution is 0.305. The van der Waals surface area contributed by atoms with Gasteiger partial charge in [-0.25, -0.2) is 0 Å². The van der Waals surface area contributed by atoms with Gasteiger partial charge in [-0.2, -0.15) is 0 Å². The molecule has 0 amide bonds. The zero-order chi connectivity index (χ0) is 20.2. The van der Waals surface area contributed by atoms with Crippen LogP contribution in [0, 0.1) is 13.8 Å². The van der Waals surface area contributed by atoms with Gasteiger partial charge < -0.3 is 4.74 Å². The van der Waals surface area contributed by atoms with Gasteiger partial charge in [-0.1, -0.05) is 56.5 Å². The summed E-state index contributed by atoms with van der Waals surface area (Å²) in [4.78, 5) is 9.68. The van der Waals surface area contributed by atoms with Gasteiger partial charge in [-0.05, 0) is 50.1 Å². The van der Waals surface area contributed by atoms with Crippen molar-refractivity contribution in [1.82, 2.24) is 9.97 Å². The Labute approximate surface area is 172 Å². The van der Waals surface area contributed by atoms with Gasteiger partial charge >= 0.3 is 0 Å². The quantitative estimate of drug-likeness (QED) is 0.253. The number of ether oxygens (including phenoxy) is 1. The van der Waals surface area contributed by atoms with Gasteiger partial charge in [0.2, 0.25) is 0 Å². The summed E-state index contributed by atoms with van der Waals surface area (Å²) in [6.07, 6.45) is 4.85. The summed E-state index contributed by atoms with van der Waals surface area (Å²) in [5.74, 6) is 0.925. The van der Waals surface area contributed by atoms with Crippen molar-refractivity contribution in [2.75, 3.05) is 6.61 Å². The first-order chi connectivity index (χ1) is 14.2. The molecule has 0 unspecified atom stereocenters. The van der Waals surface area contributed by atoms with E-state index < -0.39 is 0 Å². The fourth-order valence-electron chi connectivity index (χ4n) is 3.77. The maximum Gasteiger partial charge on any atom is 0.119 e. The molecule has 0 spiro atoms. The number of fused-ring (bicyclic) bond motifs is 3. The first kappa shape index (κ1) is 19.4. The fraction of sp³-hybridized carbons (Fsp3) is 0.308. The maximum absolute atomic E-state index is 5.98. The third-order valence-corrected chi connectivity index (χ3v) is 5.39. The van der Waals surface area contributed by atoms with Crippen LogP contribution in [0.2, 0.25) is 0 Å². The number of benzene rings is 2. The molecule has 148 valence electrons. The number of hydrogen-bond acceptors (Lipinski definition) is 3. The highest BCUT2D eigenvalue weighted by Crippen LogP contribution is 2.31. The molecule has 2 heterocycles. The number of aryl methyl sites for hydroxylation is 2. The van der Waals surface area contributed by atoms with Crippen molar-refractivity contribution >= 4 is 21.8 Å². The van der Waals surface area contributed by atoms with Crippen molar-refractivity contribution < 1.29 is 4.74 Å². The number of pyridine rings is 2. The van der Waals surface area contributed by atoms with Crippen LogP contribution in [0.4, 0.5) is 0 Å². The zero-order valence-electron chi connectivity index (χ0n) is 17.5. The Kier molecular flexibility index (Phi) is 5.75. The summed E-state index contributed by atoms with van der Waals surface area (Å²) in [5, 5.41) is 2.24. The molecule has 0 aliphatic heterocycles. The second-order valence-electron chi connectivity index (χ2n) is 7.72. The molecule has 29 heavy (non-hydrogen) atoms. The minimum absolute atomic E-state index is 0.773. The third-order valence-electron chi connectivity index (χ3n) is 5.39. The molecule has 0 fully saturated rings. The molecule has 4 aromatic rings. The Hall–Kier alpha value is -2.94. The van der Waals surface area contributed by atoms with E-state index in [0.29, 0.717) is 0 Å². The molecule has 0 saturated heterocycles. The van der Waals surface area contributed by atoms with Gasteiger partial charge in [0, 0.05) is 27.7 Å². The van der Waals surface area contributed by atoms with Crippen LogP contribution in [0.15, 0.2) is 54.6 Å². The molecule has 2 aromatic heterocycles. The van der Waals surface area contributed by atoms with Gasteiger partial charge in [0.1, 0.15) is 5.75 Å². The third kappa shape index (κ3) is 4.24. The molecule has 0 aliphatic rings. The van der Waals surface area contributed by atoms with E-state index in [2.05, 4.69) is 56.3 Å². The summed E-state index contributed by atoms with van der Waals surface area (Å²) in [6, 6.07) is 19.0. The molecule has 0 N–H and O–H groups in total. The fourth-order valence-corrected chi connectivity index (χ4v) is 3.77. The molecule has 0 saturated carbocycles. The van der Waals surface area contributed by atoms with Crippen molar-refractivity contribution in [3.63, 3.8) is 0 Å². The minimum atomic E-state index is 0.773. The maximum atomic E-state index is 5.98. The molecule has 0 bridgehead atoms. The van der Waals surface area contributed by atoms with Gasteiger partial charge in [-0.3, -0.25) is 9.97 Å². The molecule has 0 atom stereocenters. The molecular formula is C26H28N2O. The molecule has 0 aliphatic carbocycles. The van der Waals surface area contributed by atoms with Crippen LogP contribution in [0.3, 0.4) is 0 Å².